The first-order chi connectivity index (χ1) is 21.6. The second kappa shape index (κ2) is 15.5. The first-order valence-electron chi connectivity index (χ1n) is 15.0. The van der Waals surface area contributed by atoms with Gasteiger partial charge in [-0.05, 0) is 97.5 Å². The van der Waals surface area contributed by atoms with Gasteiger partial charge >= 0.3 is 17.9 Å². The summed E-state index contributed by atoms with van der Waals surface area (Å²) < 4.78 is 21.7. The number of aliphatic hydroxyl groups excluding tert-OH is 1. The Balaban J connectivity index is 1.56. The Hall–Kier alpha value is -4.53. The first kappa shape index (κ1) is 33.4. The van der Waals surface area contributed by atoms with Crippen LogP contribution in [0.3, 0.4) is 0 Å². The normalized spacial score (nSPS) is 16.7. The Kier molecular flexibility index (Phi) is 11.5. The number of methoxy groups -OCH3 is 1. The van der Waals surface area contributed by atoms with Crippen molar-refractivity contribution in [1.29, 1.82) is 0 Å². The molecule has 0 aliphatic heterocycles. The van der Waals surface area contributed by atoms with Gasteiger partial charge < -0.3 is 24.1 Å². The number of aliphatic hydroxyl groups is 1. The third kappa shape index (κ3) is 8.77. The van der Waals surface area contributed by atoms with Gasteiger partial charge in [-0.2, -0.15) is 0 Å². The molecular weight excluding hydrogens is 572 g/mol. The molecule has 0 heterocycles. The summed E-state index contributed by atoms with van der Waals surface area (Å²) >= 11 is 0. The van der Waals surface area contributed by atoms with E-state index in [0.717, 1.165) is 53.5 Å². The molecule has 8 nitrogen and oxygen atoms in total. The number of benzene rings is 3. The summed E-state index contributed by atoms with van der Waals surface area (Å²) in [5.74, 6) is -0.747. The number of carbonyl (C=O) groups is 3. The Morgan fingerprint density at radius 3 is 1.98 bits per heavy atom. The van der Waals surface area contributed by atoms with Gasteiger partial charge in [0.2, 0.25) is 0 Å². The maximum atomic E-state index is 12.6. The molecule has 45 heavy (non-hydrogen) atoms. The summed E-state index contributed by atoms with van der Waals surface area (Å²) in [6, 6.07) is 21.0. The van der Waals surface area contributed by atoms with Gasteiger partial charge in [-0.25, -0.2) is 9.59 Å². The van der Waals surface area contributed by atoms with E-state index in [-0.39, 0.29) is 36.1 Å². The topological polar surface area (TPSA) is 108 Å². The molecule has 1 fully saturated rings. The second-order valence-electron chi connectivity index (χ2n) is 11.4. The average molecular weight is 613 g/mol. The zero-order valence-electron chi connectivity index (χ0n) is 26.0. The van der Waals surface area contributed by atoms with Crippen molar-refractivity contribution in [3.8, 4) is 33.8 Å². The van der Waals surface area contributed by atoms with Crippen molar-refractivity contribution in [1.82, 2.24) is 0 Å². The molecule has 0 bridgehead atoms. The minimum absolute atomic E-state index is 0.0138. The molecule has 1 aliphatic carbocycles. The highest BCUT2D eigenvalue weighted by Crippen LogP contribution is 2.41. The highest BCUT2D eigenvalue weighted by Gasteiger charge is 2.27. The van der Waals surface area contributed by atoms with Gasteiger partial charge in [-0.3, -0.25) is 4.79 Å². The number of carbonyl (C=O) groups excluding carboxylic acids is 3. The smallest absolute Gasteiger partial charge is 0.341 e. The van der Waals surface area contributed by atoms with Crippen molar-refractivity contribution in [2.24, 2.45) is 5.92 Å². The third-order valence-electron chi connectivity index (χ3n) is 7.87. The Labute approximate surface area is 264 Å². The van der Waals surface area contributed by atoms with Crippen LogP contribution in [0.4, 0.5) is 0 Å². The molecular formula is C37H40O8. The molecule has 1 N–H and O–H groups in total. The number of ether oxygens (including phenoxy) is 4. The fourth-order valence-electron chi connectivity index (χ4n) is 5.28. The van der Waals surface area contributed by atoms with Crippen LogP contribution in [0.1, 0.15) is 51.0 Å². The van der Waals surface area contributed by atoms with Gasteiger partial charge in [0.05, 0.1) is 24.7 Å². The third-order valence-corrected chi connectivity index (χ3v) is 7.87. The van der Waals surface area contributed by atoms with E-state index in [1.54, 1.807) is 33.1 Å². The highest BCUT2D eigenvalue weighted by atomic mass is 16.5. The van der Waals surface area contributed by atoms with Crippen molar-refractivity contribution in [3.05, 3.63) is 96.6 Å². The Morgan fingerprint density at radius 2 is 1.40 bits per heavy atom. The predicted octanol–water partition coefficient (Wildman–Crippen LogP) is 6.81. The zero-order chi connectivity index (χ0) is 32.5. The Bertz CT molecular complexity index is 1530. The lowest BCUT2D eigenvalue weighted by atomic mass is 9.79. The summed E-state index contributed by atoms with van der Waals surface area (Å²) in [5, 5.41) is 9.07. The number of hydrogen-bond donors (Lipinski definition) is 1. The van der Waals surface area contributed by atoms with Crippen LogP contribution in [0, 0.1) is 5.92 Å². The van der Waals surface area contributed by atoms with Crippen molar-refractivity contribution >= 4 is 17.9 Å². The standard InChI is InChI=1S/C37H40O8/c1-23(2)35(39)43-30-16-12-29(13-17-30)34-20-32(45-37(41)25(4)22-42-5)18-19-33(34)28-8-6-26(7-9-28)27-10-14-31(15-11-27)44-36(40)24(3)21-38/h6-11,14-15,18-20,25,29-30,38H,1,3,12-13,16-17,21-22H2,2,4-5H3. The molecule has 0 saturated heterocycles. The van der Waals surface area contributed by atoms with Crippen molar-refractivity contribution in [3.63, 3.8) is 0 Å². The maximum absolute atomic E-state index is 12.6. The first-order valence-corrected chi connectivity index (χ1v) is 15.0. The lowest BCUT2D eigenvalue weighted by Gasteiger charge is -2.30. The summed E-state index contributed by atoms with van der Waals surface area (Å²) in [4.78, 5) is 36.6. The van der Waals surface area contributed by atoms with Crippen molar-refractivity contribution in [2.45, 2.75) is 51.6 Å². The molecule has 1 unspecified atom stereocenters. The molecule has 236 valence electrons. The molecule has 3 aromatic rings. The minimum atomic E-state index is -0.669. The van der Waals surface area contributed by atoms with Gasteiger partial charge in [0.25, 0.3) is 0 Å². The van der Waals surface area contributed by atoms with Crippen LogP contribution in [-0.2, 0) is 23.9 Å². The fraction of sp³-hybridized carbons (Fsp3) is 0.324. The van der Waals surface area contributed by atoms with E-state index in [2.05, 4.69) is 25.3 Å². The lowest BCUT2D eigenvalue weighted by molar-refractivity contribution is -0.145. The SMILES string of the molecule is C=C(C)C(=O)OC1CCC(c2cc(OC(=O)C(C)COC)ccc2-c2ccc(-c3ccc(OC(=O)C(=C)CO)cc3)cc2)CC1. The zero-order valence-corrected chi connectivity index (χ0v) is 26.0. The summed E-state index contributed by atoms with van der Waals surface area (Å²) in [5.41, 5.74) is 5.44. The van der Waals surface area contributed by atoms with Crippen LogP contribution in [0.15, 0.2) is 91.0 Å². The van der Waals surface area contributed by atoms with Gasteiger partial charge in [-0.1, -0.05) is 55.6 Å². The molecule has 1 atom stereocenters. The van der Waals surface area contributed by atoms with Gasteiger partial charge in [-0.15, -0.1) is 0 Å². The quantitative estimate of drug-likeness (QED) is 0.135. The molecule has 1 saturated carbocycles. The monoisotopic (exact) mass is 612 g/mol. The second-order valence-corrected chi connectivity index (χ2v) is 11.4. The number of hydrogen-bond acceptors (Lipinski definition) is 8. The van der Waals surface area contributed by atoms with Crippen LogP contribution in [0.2, 0.25) is 0 Å². The summed E-state index contributed by atoms with van der Waals surface area (Å²) in [7, 11) is 1.55. The van der Waals surface area contributed by atoms with Gasteiger partial charge in [0, 0.05) is 12.7 Å². The van der Waals surface area contributed by atoms with E-state index in [9.17, 15) is 14.4 Å². The number of rotatable bonds is 12. The molecule has 0 spiro atoms. The van der Waals surface area contributed by atoms with Crippen LogP contribution in [-0.4, -0.2) is 49.4 Å². The minimum Gasteiger partial charge on any atom is -0.459 e. The average Bonchev–Trinajstić information content (AvgIpc) is 3.05. The largest absolute Gasteiger partial charge is 0.459 e. The molecule has 4 rings (SSSR count). The van der Waals surface area contributed by atoms with E-state index >= 15 is 0 Å². The van der Waals surface area contributed by atoms with Crippen LogP contribution >= 0.6 is 0 Å². The van der Waals surface area contributed by atoms with Gasteiger partial charge in [0.15, 0.2) is 0 Å². The fourth-order valence-corrected chi connectivity index (χ4v) is 5.28. The van der Waals surface area contributed by atoms with E-state index in [0.29, 0.717) is 17.1 Å². The summed E-state index contributed by atoms with van der Waals surface area (Å²) in [6.45, 7) is 10.4. The van der Waals surface area contributed by atoms with Crippen LogP contribution in [0.25, 0.3) is 22.3 Å². The van der Waals surface area contributed by atoms with E-state index in [1.165, 1.54) is 0 Å². The van der Waals surface area contributed by atoms with Crippen LogP contribution < -0.4 is 9.47 Å². The molecule has 3 aromatic carbocycles. The highest BCUT2D eigenvalue weighted by molar-refractivity contribution is 5.89. The van der Waals surface area contributed by atoms with E-state index < -0.39 is 18.5 Å². The molecule has 1 aliphatic rings. The lowest BCUT2D eigenvalue weighted by Crippen LogP contribution is -2.24. The summed E-state index contributed by atoms with van der Waals surface area (Å²) in [6.07, 6.45) is 2.96. The Morgan fingerprint density at radius 1 is 0.822 bits per heavy atom. The molecule has 0 radical (unpaired) electrons. The van der Waals surface area contributed by atoms with Gasteiger partial charge in [0.1, 0.15) is 17.6 Å². The molecule has 0 aromatic heterocycles. The van der Waals surface area contributed by atoms with E-state index in [1.807, 2.05) is 42.5 Å². The van der Waals surface area contributed by atoms with Crippen molar-refractivity contribution < 1.29 is 38.4 Å². The van der Waals surface area contributed by atoms with Crippen molar-refractivity contribution in [2.75, 3.05) is 20.3 Å². The van der Waals surface area contributed by atoms with Crippen LogP contribution in [0.5, 0.6) is 11.5 Å². The molecule has 0 amide bonds. The number of esters is 3. The molecule has 8 heteroatoms. The predicted molar refractivity (Wildman–Crippen MR) is 172 cm³/mol. The maximum Gasteiger partial charge on any atom is 0.341 e. The van der Waals surface area contributed by atoms with E-state index in [4.69, 9.17) is 24.1 Å².